The Hall–Kier alpha value is -3.54. The molecule has 5 nitrogen and oxygen atoms in total. The van der Waals surface area contributed by atoms with Crippen LogP contribution in [-0.4, -0.2) is 20.5 Å². The number of halogens is 1. The van der Waals surface area contributed by atoms with Crippen LogP contribution >= 0.6 is 0 Å². The third-order valence-electron chi connectivity index (χ3n) is 3.99. The summed E-state index contributed by atoms with van der Waals surface area (Å²) in [4.78, 5) is 16.2. The van der Waals surface area contributed by atoms with Crippen molar-refractivity contribution in [1.82, 2.24) is 14.6 Å². The van der Waals surface area contributed by atoms with Crippen molar-refractivity contribution in [3.63, 3.8) is 0 Å². The number of rotatable bonds is 3. The SMILES string of the molecule is NC(=O)c1cccc(-c2cc3ncccn3n2)c1-c1ccccc1F. The molecule has 2 aromatic carbocycles. The Morgan fingerprint density at radius 2 is 1.84 bits per heavy atom. The lowest BCUT2D eigenvalue weighted by molar-refractivity contribution is 0.100. The summed E-state index contributed by atoms with van der Waals surface area (Å²) in [7, 11) is 0. The molecule has 2 heterocycles. The van der Waals surface area contributed by atoms with Gasteiger partial charge in [0.05, 0.1) is 5.69 Å². The molecule has 2 N–H and O–H groups in total. The van der Waals surface area contributed by atoms with Crippen LogP contribution < -0.4 is 5.73 Å². The van der Waals surface area contributed by atoms with E-state index in [1.54, 1.807) is 65.4 Å². The molecule has 0 aliphatic heterocycles. The highest BCUT2D eigenvalue weighted by atomic mass is 19.1. The van der Waals surface area contributed by atoms with E-state index >= 15 is 0 Å². The molecule has 0 spiro atoms. The zero-order valence-electron chi connectivity index (χ0n) is 13.1. The number of nitrogens with two attached hydrogens (primary N) is 1. The van der Waals surface area contributed by atoms with Crippen LogP contribution in [0.25, 0.3) is 28.0 Å². The number of carbonyl (C=O) groups excluding carboxylic acids is 1. The quantitative estimate of drug-likeness (QED) is 0.625. The molecule has 0 atom stereocenters. The fraction of sp³-hybridized carbons (Fsp3) is 0. The monoisotopic (exact) mass is 332 g/mol. The highest BCUT2D eigenvalue weighted by molar-refractivity contribution is 6.04. The van der Waals surface area contributed by atoms with Crippen molar-refractivity contribution in [2.24, 2.45) is 5.73 Å². The summed E-state index contributed by atoms with van der Waals surface area (Å²) in [5, 5.41) is 4.48. The zero-order valence-corrected chi connectivity index (χ0v) is 13.1. The molecule has 0 radical (unpaired) electrons. The summed E-state index contributed by atoms with van der Waals surface area (Å²) in [6.07, 6.45) is 3.44. The predicted octanol–water partition coefficient (Wildman–Crippen LogP) is 3.30. The van der Waals surface area contributed by atoms with Crippen molar-refractivity contribution in [3.8, 4) is 22.4 Å². The van der Waals surface area contributed by atoms with E-state index in [4.69, 9.17) is 5.73 Å². The third-order valence-corrected chi connectivity index (χ3v) is 3.99. The number of primary amides is 1. The van der Waals surface area contributed by atoms with E-state index in [9.17, 15) is 9.18 Å². The molecule has 4 rings (SSSR count). The topological polar surface area (TPSA) is 73.3 Å². The summed E-state index contributed by atoms with van der Waals surface area (Å²) in [6, 6.07) is 14.9. The Morgan fingerprint density at radius 3 is 2.60 bits per heavy atom. The zero-order chi connectivity index (χ0) is 17.4. The number of fused-ring (bicyclic) bond motifs is 1. The van der Waals surface area contributed by atoms with Gasteiger partial charge in [0.1, 0.15) is 5.82 Å². The summed E-state index contributed by atoms with van der Waals surface area (Å²) in [5.74, 6) is -1.05. The summed E-state index contributed by atoms with van der Waals surface area (Å²) >= 11 is 0. The second-order valence-electron chi connectivity index (χ2n) is 5.52. The predicted molar refractivity (Wildman–Crippen MR) is 92.3 cm³/mol. The lowest BCUT2D eigenvalue weighted by Crippen LogP contribution is -2.13. The number of hydrogen-bond donors (Lipinski definition) is 1. The van der Waals surface area contributed by atoms with Crippen molar-refractivity contribution in [3.05, 3.63) is 78.4 Å². The molecule has 0 saturated carbocycles. The largest absolute Gasteiger partial charge is 0.366 e. The van der Waals surface area contributed by atoms with Crippen LogP contribution in [0.4, 0.5) is 4.39 Å². The van der Waals surface area contributed by atoms with Crippen LogP contribution in [0.3, 0.4) is 0 Å². The molecular weight excluding hydrogens is 319 g/mol. The van der Waals surface area contributed by atoms with Gasteiger partial charge in [0.2, 0.25) is 5.91 Å². The average molecular weight is 332 g/mol. The molecule has 0 fully saturated rings. The normalized spacial score (nSPS) is 10.9. The van der Waals surface area contributed by atoms with Gasteiger partial charge in [-0.25, -0.2) is 13.9 Å². The number of amides is 1. The van der Waals surface area contributed by atoms with Gasteiger partial charge in [-0.2, -0.15) is 5.10 Å². The molecule has 6 heteroatoms. The van der Waals surface area contributed by atoms with Gasteiger partial charge in [-0.05, 0) is 18.2 Å². The molecule has 0 aliphatic rings. The smallest absolute Gasteiger partial charge is 0.249 e. The van der Waals surface area contributed by atoms with Gasteiger partial charge >= 0.3 is 0 Å². The van der Waals surface area contributed by atoms with Crippen molar-refractivity contribution in [1.29, 1.82) is 0 Å². The van der Waals surface area contributed by atoms with Gasteiger partial charge in [0, 0.05) is 40.7 Å². The van der Waals surface area contributed by atoms with Crippen molar-refractivity contribution in [2.45, 2.75) is 0 Å². The van der Waals surface area contributed by atoms with Gasteiger partial charge in [-0.15, -0.1) is 0 Å². The Morgan fingerprint density at radius 1 is 1.04 bits per heavy atom. The Labute approximate surface area is 142 Å². The van der Waals surface area contributed by atoms with Gasteiger partial charge in [0.25, 0.3) is 0 Å². The van der Waals surface area contributed by atoms with E-state index < -0.39 is 11.7 Å². The lowest BCUT2D eigenvalue weighted by atomic mass is 9.92. The second kappa shape index (κ2) is 5.83. The molecule has 0 bridgehead atoms. The highest BCUT2D eigenvalue weighted by Crippen LogP contribution is 2.35. The van der Waals surface area contributed by atoms with Gasteiger partial charge in [-0.3, -0.25) is 4.79 Å². The summed E-state index contributed by atoms with van der Waals surface area (Å²) in [6.45, 7) is 0. The summed E-state index contributed by atoms with van der Waals surface area (Å²) in [5.41, 5.74) is 8.35. The van der Waals surface area contributed by atoms with Crippen molar-refractivity contribution in [2.75, 3.05) is 0 Å². The van der Waals surface area contributed by atoms with Crippen LogP contribution in [0.5, 0.6) is 0 Å². The molecular formula is C19H13FN4O. The molecule has 0 saturated heterocycles. The molecule has 0 unspecified atom stereocenters. The van der Waals surface area contributed by atoms with E-state index in [1.165, 1.54) is 6.07 Å². The maximum atomic E-state index is 14.4. The van der Waals surface area contributed by atoms with E-state index in [1.807, 2.05) is 0 Å². The van der Waals surface area contributed by atoms with Crippen LogP contribution in [-0.2, 0) is 0 Å². The average Bonchev–Trinajstić information content (AvgIpc) is 3.05. The van der Waals surface area contributed by atoms with Gasteiger partial charge in [-0.1, -0.05) is 30.3 Å². The highest BCUT2D eigenvalue weighted by Gasteiger charge is 2.19. The maximum absolute atomic E-state index is 14.4. The number of hydrogen-bond acceptors (Lipinski definition) is 3. The summed E-state index contributed by atoms with van der Waals surface area (Å²) < 4.78 is 16.1. The van der Waals surface area contributed by atoms with Crippen molar-refractivity contribution < 1.29 is 9.18 Å². The fourth-order valence-electron chi connectivity index (χ4n) is 2.89. The first-order valence-electron chi connectivity index (χ1n) is 7.63. The fourth-order valence-corrected chi connectivity index (χ4v) is 2.89. The molecule has 2 aromatic heterocycles. The van der Waals surface area contributed by atoms with Crippen LogP contribution in [0.1, 0.15) is 10.4 Å². The van der Waals surface area contributed by atoms with Gasteiger partial charge in [0.15, 0.2) is 5.65 Å². The van der Waals surface area contributed by atoms with Crippen molar-refractivity contribution >= 4 is 11.6 Å². The Kier molecular flexibility index (Phi) is 3.50. The first-order valence-corrected chi connectivity index (χ1v) is 7.63. The minimum atomic E-state index is -0.623. The number of nitrogens with zero attached hydrogens (tertiary/aromatic N) is 3. The standard InChI is InChI=1S/C19H13FN4O/c20-15-8-2-1-5-12(15)18-13(6-3-7-14(18)19(21)25)16-11-17-22-9-4-10-24(17)23-16/h1-11H,(H2,21,25). The van der Waals surface area contributed by atoms with Gasteiger partial charge < -0.3 is 5.73 Å². The van der Waals surface area contributed by atoms with Crippen LogP contribution in [0, 0.1) is 5.82 Å². The van der Waals surface area contributed by atoms with E-state index in [0.29, 0.717) is 28.0 Å². The minimum absolute atomic E-state index is 0.243. The maximum Gasteiger partial charge on any atom is 0.249 e. The number of benzene rings is 2. The Balaban J connectivity index is 2.04. The first-order chi connectivity index (χ1) is 12.1. The number of aromatic nitrogens is 3. The molecule has 4 aromatic rings. The second-order valence-corrected chi connectivity index (χ2v) is 5.52. The van der Waals surface area contributed by atoms with Crippen LogP contribution in [0.15, 0.2) is 67.0 Å². The minimum Gasteiger partial charge on any atom is -0.366 e. The molecule has 25 heavy (non-hydrogen) atoms. The number of carbonyl (C=O) groups is 1. The molecule has 0 aliphatic carbocycles. The van der Waals surface area contributed by atoms with E-state index in [0.717, 1.165) is 0 Å². The third kappa shape index (κ3) is 2.53. The Bertz CT molecular complexity index is 1070. The molecule has 1 amide bonds. The first kappa shape index (κ1) is 15.0. The lowest BCUT2D eigenvalue weighted by Gasteiger charge is -2.12. The molecule has 122 valence electrons. The van der Waals surface area contributed by atoms with Crippen LogP contribution in [0.2, 0.25) is 0 Å². The van der Waals surface area contributed by atoms with E-state index in [2.05, 4.69) is 10.1 Å². The van der Waals surface area contributed by atoms with E-state index in [-0.39, 0.29) is 5.56 Å².